The number of benzene rings is 2. The number of hydrogen-bond donors (Lipinski definition) is 1. The van der Waals surface area contributed by atoms with E-state index >= 15 is 0 Å². The Morgan fingerprint density at radius 3 is 1.93 bits per heavy atom. The van der Waals surface area contributed by atoms with E-state index in [4.69, 9.17) is 10.7 Å². The van der Waals surface area contributed by atoms with Crippen LogP contribution in [-0.4, -0.2) is 31.5 Å². The summed E-state index contributed by atoms with van der Waals surface area (Å²) in [6.07, 6.45) is 18.5. The molecule has 0 atom stereocenters. The van der Waals surface area contributed by atoms with Crippen LogP contribution >= 0.6 is 0 Å². The Kier molecular flexibility index (Phi) is 13.1. The van der Waals surface area contributed by atoms with Gasteiger partial charge in [-0.3, -0.25) is 4.90 Å². The number of unbranched alkanes of at least 4 members (excludes halogenated alkanes) is 11. The zero-order chi connectivity index (χ0) is 31.4. The number of nitrogens with zero attached hydrogens (tertiary/aromatic N) is 4. The lowest BCUT2D eigenvalue weighted by Crippen LogP contribution is -2.41. The van der Waals surface area contributed by atoms with Crippen molar-refractivity contribution in [2.45, 2.75) is 143 Å². The van der Waals surface area contributed by atoms with Gasteiger partial charge in [-0.15, -0.1) is 0 Å². The van der Waals surface area contributed by atoms with E-state index in [9.17, 15) is 0 Å². The molecule has 2 N–H and O–H groups in total. The number of anilines is 1. The quantitative estimate of drug-likeness (QED) is 0.109. The normalized spacial score (nSPS) is 12.2. The average molecular weight is 598 g/mol. The van der Waals surface area contributed by atoms with E-state index in [0.29, 0.717) is 5.82 Å². The van der Waals surface area contributed by atoms with Gasteiger partial charge in [0, 0.05) is 30.4 Å². The molecule has 4 aromatic rings. The highest BCUT2D eigenvalue weighted by Gasteiger charge is 2.21. The van der Waals surface area contributed by atoms with Crippen LogP contribution in [0.1, 0.15) is 135 Å². The second-order valence-corrected chi connectivity index (χ2v) is 13.9. The van der Waals surface area contributed by atoms with Gasteiger partial charge in [0.2, 0.25) is 0 Å². The van der Waals surface area contributed by atoms with Crippen LogP contribution in [0.4, 0.5) is 5.82 Å². The van der Waals surface area contributed by atoms with Gasteiger partial charge in [0.15, 0.2) is 5.82 Å². The first-order chi connectivity index (χ1) is 21.3. The highest BCUT2D eigenvalue weighted by atomic mass is 15.2. The van der Waals surface area contributed by atoms with Gasteiger partial charge >= 0.3 is 0 Å². The Morgan fingerprint density at radius 2 is 1.30 bits per heavy atom. The van der Waals surface area contributed by atoms with E-state index in [2.05, 4.69) is 85.5 Å². The molecule has 0 spiro atoms. The number of nitrogen functional groups attached to an aromatic ring is 1. The Bertz CT molecular complexity index is 1410. The first-order valence-corrected chi connectivity index (χ1v) is 17.7. The van der Waals surface area contributed by atoms with Gasteiger partial charge in [0.25, 0.3) is 0 Å². The van der Waals surface area contributed by atoms with Gasteiger partial charge in [-0.05, 0) is 57.4 Å². The number of pyridine rings is 1. The molecule has 0 fully saturated rings. The van der Waals surface area contributed by atoms with Crippen LogP contribution in [0.25, 0.3) is 21.9 Å². The van der Waals surface area contributed by atoms with Gasteiger partial charge < -0.3 is 10.3 Å². The van der Waals surface area contributed by atoms with E-state index in [1.165, 1.54) is 81.8 Å². The highest BCUT2D eigenvalue weighted by Crippen LogP contribution is 2.30. The summed E-state index contributed by atoms with van der Waals surface area (Å²) >= 11 is 0. The lowest BCUT2D eigenvalue weighted by Gasteiger charge is -2.36. The van der Waals surface area contributed by atoms with Crippen molar-refractivity contribution < 1.29 is 0 Å². The Labute approximate surface area is 267 Å². The van der Waals surface area contributed by atoms with Crippen molar-refractivity contribution >= 4 is 27.8 Å². The Morgan fingerprint density at radius 1 is 0.705 bits per heavy atom. The summed E-state index contributed by atoms with van der Waals surface area (Å²) in [5.74, 6) is 1.62. The zero-order valence-corrected chi connectivity index (χ0v) is 28.5. The van der Waals surface area contributed by atoms with E-state index in [1.807, 2.05) is 12.1 Å². The molecule has 0 aliphatic heterocycles. The minimum absolute atomic E-state index is 0.149. The monoisotopic (exact) mass is 597 g/mol. The molecule has 0 saturated carbocycles. The third-order valence-electron chi connectivity index (χ3n) is 9.16. The molecule has 0 aliphatic carbocycles. The maximum atomic E-state index is 6.43. The fourth-order valence-corrected chi connectivity index (χ4v) is 6.37. The molecule has 0 saturated heterocycles. The van der Waals surface area contributed by atoms with Crippen LogP contribution in [0, 0.1) is 0 Å². The van der Waals surface area contributed by atoms with Crippen LogP contribution in [0.3, 0.4) is 0 Å². The van der Waals surface area contributed by atoms with Crippen molar-refractivity contribution in [3.63, 3.8) is 0 Å². The third-order valence-corrected chi connectivity index (χ3v) is 9.16. The maximum Gasteiger partial charge on any atom is 0.152 e. The van der Waals surface area contributed by atoms with E-state index in [-0.39, 0.29) is 5.54 Å². The second-order valence-electron chi connectivity index (χ2n) is 13.9. The van der Waals surface area contributed by atoms with Gasteiger partial charge in [-0.25, -0.2) is 9.97 Å². The minimum Gasteiger partial charge on any atom is -0.382 e. The van der Waals surface area contributed by atoms with Crippen LogP contribution < -0.4 is 5.73 Å². The Balaban J connectivity index is 1.37. The standard InChI is InChI=1S/C39H59N5/c1-6-8-10-11-12-13-14-15-16-17-20-28-43(39(3,4)5)29-31-24-26-32(27-25-31)30-44-35(23-9-7-2)42-36-37(44)33-21-18-19-22-34(33)41-38(36)40/h18-19,21-22,24-27H,6-17,20,23,28-30H2,1-5H3,(H2,40,41). The summed E-state index contributed by atoms with van der Waals surface area (Å²) in [5.41, 5.74) is 12.1. The van der Waals surface area contributed by atoms with Crippen molar-refractivity contribution in [3.05, 3.63) is 65.5 Å². The van der Waals surface area contributed by atoms with Crippen LogP contribution in [-0.2, 0) is 19.5 Å². The number of aromatic nitrogens is 3. The number of para-hydroxylation sites is 1. The molecule has 2 heterocycles. The molecular weight excluding hydrogens is 538 g/mol. The summed E-state index contributed by atoms with van der Waals surface area (Å²) in [7, 11) is 0. The third kappa shape index (κ3) is 9.54. The van der Waals surface area contributed by atoms with Crippen molar-refractivity contribution in [1.82, 2.24) is 19.4 Å². The predicted octanol–water partition coefficient (Wildman–Crippen LogP) is 10.5. The summed E-state index contributed by atoms with van der Waals surface area (Å²) in [4.78, 5) is 12.3. The van der Waals surface area contributed by atoms with E-state index in [0.717, 1.165) is 66.7 Å². The van der Waals surface area contributed by atoms with Crippen LogP contribution in [0.5, 0.6) is 0 Å². The van der Waals surface area contributed by atoms with Crippen molar-refractivity contribution in [2.75, 3.05) is 12.3 Å². The topological polar surface area (TPSA) is 60.0 Å². The second kappa shape index (κ2) is 17.0. The van der Waals surface area contributed by atoms with Crippen molar-refractivity contribution in [3.8, 4) is 0 Å². The maximum absolute atomic E-state index is 6.43. The lowest BCUT2D eigenvalue weighted by molar-refractivity contribution is 0.124. The molecule has 0 unspecified atom stereocenters. The van der Waals surface area contributed by atoms with Crippen molar-refractivity contribution in [2.24, 2.45) is 0 Å². The highest BCUT2D eigenvalue weighted by molar-refractivity contribution is 6.06. The Hall–Kier alpha value is -2.92. The van der Waals surface area contributed by atoms with Gasteiger partial charge in [-0.1, -0.05) is 127 Å². The smallest absolute Gasteiger partial charge is 0.152 e. The number of fused-ring (bicyclic) bond motifs is 3. The first kappa shape index (κ1) is 34.0. The largest absolute Gasteiger partial charge is 0.382 e. The molecule has 44 heavy (non-hydrogen) atoms. The molecule has 2 aromatic heterocycles. The molecule has 240 valence electrons. The summed E-state index contributed by atoms with van der Waals surface area (Å²) in [6.45, 7) is 14.5. The summed E-state index contributed by atoms with van der Waals surface area (Å²) in [6, 6.07) is 17.6. The first-order valence-electron chi connectivity index (χ1n) is 17.7. The molecule has 5 heteroatoms. The van der Waals surface area contributed by atoms with Gasteiger partial charge in [0.1, 0.15) is 11.3 Å². The number of imidazole rings is 1. The number of nitrogens with two attached hydrogens (primary N) is 1. The molecule has 0 bridgehead atoms. The molecule has 5 nitrogen and oxygen atoms in total. The summed E-state index contributed by atoms with van der Waals surface area (Å²) in [5, 5.41) is 1.12. The number of rotatable bonds is 19. The molecule has 0 aliphatic rings. The molecule has 2 aromatic carbocycles. The SMILES string of the molecule is CCCCCCCCCCCCCN(Cc1ccc(Cn2c(CCCC)nc3c(N)nc4ccccc4c32)cc1)C(C)(C)C. The van der Waals surface area contributed by atoms with Crippen LogP contribution in [0.2, 0.25) is 0 Å². The molecular formula is C39H59N5. The van der Waals surface area contributed by atoms with Gasteiger partial charge in [-0.2, -0.15) is 0 Å². The predicted molar refractivity (Wildman–Crippen MR) is 190 cm³/mol. The van der Waals surface area contributed by atoms with E-state index in [1.54, 1.807) is 0 Å². The molecule has 0 amide bonds. The van der Waals surface area contributed by atoms with Crippen LogP contribution in [0.15, 0.2) is 48.5 Å². The molecule has 4 rings (SSSR count). The minimum atomic E-state index is 0.149. The fourth-order valence-electron chi connectivity index (χ4n) is 6.37. The fraction of sp³-hybridized carbons (Fsp3) is 0.590. The van der Waals surface area contributed by atoms with Gasteiger partial charge in [0.05, 0.1) is 11.0 Å². The summed E-state index contributed by atoms with van der Waals surface area (Å²) < 4.78 is 2.38. The molecule has 0 radical (unpaired) electrons. The van der Waals surface area contributed by atoms with Crippen molar-refractivity contribution in [1.29, 1.82) is 0 Å². The van der Waals surface area contributed by atoms with E-state index < -0.39 is 0 Å². The number of aryl methyl sites for hydroxylation is 1. The zero-order valence-electron chi connectivity index (χ0n) is 28.5. The number of hydrogen-bond acceptors (Lipinski definition) is 4. The average Bonchev–Trinajstić information content (AvgIpc) is 3.37. The lowest BCUT2D eigenvalue weighted by atomic mass is 10.0.